The zero-order valence-corrected chi connectivity index (χ0v) is 12.5. The van der Waals surface area contributed by atoms with Crippen LogP contribution >= 0.6 is 0 Å². The Kier molecular flexibility index (Phi) is 3.00. The molecule has 0 aliphatic rings. The second-order valence-corrected chi connectivity index (χ2v) is 5.72. The fraction of sp³-hybridized carbons (Fsp3) is 0. The van der Waals surface area contributed by atoms with E-state index in [4.69, 9.17) is 0 Å². The van der Waals surface area contributed by atoms with Crippen molar-refractivity contribution in [1.82, 2.24) is 0 Å². The second kappa shape index (κ2) is 5.06. The lowest BCUT2D eigenvalue weighted by molar-refractivity contribution is 0.0684. The molecule has 4 aromatic rings. The highest BCUT2D eigenvalue weighted by molar-refractivity contribution is 6.15. The summed E-state index contributed by atoms with van der Waals surface area (Å²) >= 11 is 0. The van der Waals surface area contributed by atoms with Gasteiger partial charge in [0.15, 0.2) is 0 Å². The van der Waals surface area contributed by atoms with E-state index in [1.54, 1.807) is 12.1 Å². The van der Waals surface area contributed by atoms with Gasteiger partial charge in [0.1, 0.15) is 0 Å². The van der Waals surface area contributed by atoms with Gasteiger partial charge in [-0.15, -0.1) is 0 Å². The number of hydrogen-bond acceptors (Lipinski definition) is 2. The standard InChI is InChI=1S/C20H12O4/c21-19(22)15-5-6-16(20(23)24)18-10-14-8-12-4-2-1-3-11(12)7-13(14)9-17(15)18/h1-10H,(H,21,22)(H,23,24). The largest absolute Gasteiger partial charge is 0.478 e. The molecule has 0 unspecified atom stereocenters. The van der Waals surface area contributed by atoms with Crippen molar-refractivity contribution in [3.05, 3.63) is 71.8 Å². The number of carbonyl (C=O) groups is 2. The van der Waals surface area contributed by atoms with Crippen LogP contribution in [-0.4, -0.2) is 22.2 Å². The summed E-state index contributed by atoms with van der Waals surface area (Å²) in [5.74, 6) is -2.14. The number of hydrogen-bond donors (Lipinski definition) is 2. The highest BCUT2D eigenvalue weighted by Crippen LogP contribution is 2.31. The Morgan fingerprint density at radius 3 is 1.38 bits per heavy atom. The van der Waals surface area contributed by atoms with E-state index in [1.165, 1.54) is 12.1 Å². The van der Waals surface area contributed by atoms with Gasteiger partial charge >= 0.3 is 11.9 Å². The van der Waals surface area contributed by atoms with Gasteiger partial charge in [0.25, 0.3) is 0 Å². The molecule has 4 aromatic carbocycles. The normalized spacial score (nSPS) is 11.2. The first kappa shape index (κ1) is 14.2. The molecule has 116 valence electrons. The topological polar surface area (TPSA) is 74.6 Å². The molecule has 0 atom stereocenters. The first-order valence-corrected chi connectivity index (χ1v) is 7.40. The molecule has 0 fully saturated rings. The lowest BCUT2D eigenvalue weighted by Gasteiger charge is -2.09. The predicted octanol–water partition coefficient (Wildman–Crippen LogP) is 4.54. The summed E-state index contributed by atoms with van der Waals surface area (Å²) < 4.78 is 0. The van der Waals surface area contributed by atoms with E-state index in [9.17, 15) is 19.8 Å². The Morgan fingerprint density at radius 2 is 1.00 bits per heavy atom. The molecule has 0 aromatic heterocycles. The molecule has 0 bridgehead atoms. The monoisotopic (exact) mass is 316 g/mol. The van der Waals surface area contributed by atoms with E-state index >= 15 is 0 Å². The summed E-state index contributed by atoms with van der Waals surface area (Å²) in [5.41, 5.74) is 0.204. The Hall–Kier alpha value is -3.40. The van der Waals surface area contributed by atoms with Gasteiger partial charge in [0, 0.05) is 0 Å². The number of fused-ring (bicyclic) bond motifs is 3. The van der Waals surface area contributed by atoms with Crippen molar-refractivity contribution in [2.75, 3.05) is 0 Å². The molecule has 0 heterocycles. The number of rotatable bonds is 2. The first-order chi connectivity index (χ1) is 11.5. The average molecular weight is 316 g/mol. The Labute approximate surface area is 136 Å². The quantitative estimate of drug-likeness (QED) is 0.532. The number of carboxylic acid groups (broad SMARTS) is 2. The number of benzene rings is 4. The minimum absolute atomic E-state index is 0.102. The van der Waals surface area contributed by atoms with Gasteiger partial charge in [0.2, 0.25) is 0 Å². The van der Waals surface area contributed by atoms with Crippen molar-refractivity contribution in [3.8, 4) is 0 Å². The fourth-order valence-electron chi connectivity index (χ4n) is 3.16. The van der Waals surface area contributed by atoms with E-state index in [2.05, 4.69) is 0 Å². The van der Waals surface area contributed by atoms with Crippen LogP contribution in [0.5, 0.6) is 0 Å². The maximum atomic E-state index is 11.5. The molecule has 0 spiro atoms. The van der Waals surface area contributed by atoms with Crippen molar-refractivity contribution < 1.29 is 19.8 Å². The summed E-state index contributed by atoms with van der Waals surface area (Å²) in [7, 11) is 0. The number of carboxylic acids is 2. The molecule has 0 aliphatic carbocycles. The Balaban J connectivity index is 2.19. The minimum Gasteiger partial charge on any atom is -0.478 e. The van der Waals surface area contributed by atoms with Gasteiger partial charge in [-0.25, -0.2) is 9.59 Å². The van der Waals surface area contributed by atoms with E-state index in [0.29, 0.717) is 10.8 Å². The fourth-order valence-corrected chi connectivity index (χ4v) is 3.16. The molecular weight excluding hydrogens is 304 g/mol. The molecule has 0 saturated carbocycles. The lowest BCUT2D eigenvalue weighted by atomic mass is 9.94. The van der Waals surface area contributed by atoms with Crippen LogP contribution in [0.15, 0.2) is 60.7 Å². The summed E-state index contributed by atoms with van der Waals surface area (Å²) in [4.78, 5) is 23.0. The Morgan fingerprint density at radius 1 is 0.583 bits per heavy atom. The van der Waals surface area contributed by atoms with Crippen LogP contribution in [0.3, 0.4) is 0 Å². The van der Waals surface area contributed by atoms with Crippen LogP contribution in [0.1, 0.15) is 20.7 Å². The van der Waals surface area contributed by atoms with E-state index in [0.717, 1.165) is 21.5 Å². The van der Waals surface area contributed by atoms with E-state index in [1.807, 2.05) is 36.4 Å². The highest BCUT2D eigenvalue weighted by atomic mass is 16.4. The van der Waals surface area contributed by atoms with Crippen molar-refractivity contribution in [1.29, 1.82) is 0 Å². The average Bonchev–Trinajstić information content (AvgIpc) is 2.56. The van der Waals surface area contributed by atoms with Crippen LogP contribution in [-0.2, 0) is 0 Å². The predicted molar refractivity (Wildman–Crippen MR) is 92.9 cm³/mol. The zero-order chi connectivity index (χ0) is 16.8. The minimum atomic E-state index is -1.07. The molecule has 24 heavy (non-hydrogen) atoms. The molecule has 4 rings (SSSR count). The van der Waals surface area contributed by atoms with Gasteiger partial charge in [-0.05, 0) is 68.7 Å². The Bertz CT molecular complexity index is 1070. The van der Waals surface area contributed by atoms with Crippen molar-refractivity contribution in [3.63, 3.8) is 0 Å². The van der Waals surface area contributed by atoms with Gasteiger partial charge in [-0.1, -0.05) is 24.3 Å². The highest BCUT2D eigenvalue weighted by Gasteiger charge is 2.16. The van der Waals surface area contributed by atoms with Crippen LogP contribution in [0, 0.1) is 0 Å². The molecule has 0 amide bonds. The third-order valence-electron chi connectivity index (χ3n) is 4.30. The van der Waals surface area contributed by atoms with Gasteiger partial charge in [-0.3, -0.25) is 0 Å². The molecule has 2 N–H and O–H groups in total. The van der Waals surface area contributed by atoms with Crippen LogP contribution in [0.2, 0.25) is 0 Å². The molecule has 0 aliphatic heterocycles. The smallest absolute Gasteiger partial charge is 0.336 e. The van der Waals surface area contributed by atoms with Crippen molar-refractivity contribution in [2.24, 2.45) is 0 Å². The van der Waals surface area contributed by atoms with Crippen molar-refractivity contribution in [2.45, 2.75) is 0 Å². The zero-order valence-electron chi connectivity index (χ0n) is 12.5. The summed E-state index contributed by atoms with van der Waals surface area (Å²) in [5, 5.41) is 23.6. The SMILES string of the molecule is O=C(O)c1ccc(C(=O)O)c2cc3cc4ccccc4cc3cc12. The second-order valence-electron chi connectivity index (χ2n) is 5.72. The molecular formula is C20H12O4. The lowest BCUT2D eigenvalue weighted by Crippen LogP contribution is -2.03. The number of aromatic carboxylic acids is 2. The van der Waals surface area contributed by atoms with Gasteiger partial charge in [0.05, 0.1) is 11.1 Å². The molecule has 4 heteroatoms. The third kappa shape index (κ3) is 2.08. The van der Waals surface area contributed by atoms with Gasteiger partial charge in [-0.2, -0.15) is 0 Å². The first-order valence-electron chi connectivity index (χ1n) is 7.40. The summed E-state index contributed by atoms with van der Waals surface area (Å²) in [6, 6.07) is 18.1. The van der Waals surface area contributed by atoms with E-state index in [-0.39, 0.29) is 11.1 Å². The van der Waals surface area contributed by atoms with Crippen LogP contribution in [0.25, 0.3) is 32.3 Å². The maximum absolute atomic E-state index is 11.5. The summed E-state index contributed by atoms with van der Waals surface area (Å²) in [6.45, 7) is 0. The molecule has 4 nitrogen and oxygen atoms in total. The van der Waals surface area contributed by atoms with Crippen LogP contribution in [0.4, 0.5) is 0 Å². The van der Waals surface area contributed by atoms with Crippen molar-refractivity contribution >= 4 is 44.3 Å². The van der Waals surface area contributed by atoms with Gasteiger partial charge < -0.3 is 10.2 Å². The van der Waals surface area contributed by atoms with E-state index < -0.39 is 11.9 Å². The maximum Gasteiger partial charge on any atom is 0.336 e. The molecule has 0 saturated heterocycles. The van der Waals surface area contributed by atoms with Crippen LogP contribution < -0.4 is 0 Å². The third-order valence-corrected chi connectivity index (χ3v) is 4.30. The summed E-state index contributed by atoms with van der Waals surface area (Å²) in [6.07, 6.45) is 0. The molecule has 0 radical (unpaired) electrons.